The van der Waals surface area contributed by atoms with Crippen LogP contribution in [0.25, 0.3) is 0 Å². The molecule has 5 heteroatoms. The maximum atomic E-state index is 12.3. The summed E-state index contributed by atoms with van der Waals surface area (Å²) in [5, 5.41) is 4.58. The van der Waals surface area contributed by atoms with Gasteiger partial charge in [-0.15, -0.1) is 0 Å². The molecule has 1 saturated carbocycles. The summed E-state index contributed by atoms with van der Waals surface area (Å²) in [6, 6.07) is 1.78. The number of amides is 1. The average Bonchev–Trinajstić information content (AvgIpc) is 3.04. The molecule has 124 valence electrons. The molecule has 0 atom stereocenters. The molecule has 0 N–H and O–H groups in total. The van der Waals surface area contributed by atoms with E-state index in [-0.39, 0.29) is 11.5 Å². The number of aryl methyl sites for hydroxylation is 2. The van der Waals surface area contributed by atoms with E-state index in [2.05, 4.69) is 5.10 Å². The number of likely N-dealkylation sites (tertiary alicyclic amines) is 1. The maximum Gasteiger partial charge on any atom is 0.267 e. The van der Waals surface area contributed by atoms with E-state index in [9.17, 15) is 9.59 Å². The molecule has 1 aromatic heterocycles. The molecule has 5 nitrogen and oxygen atoms in total. The summed E-state index contributed by atoms with van der Waals surface area (Å²) in [7, 11) is 0. The topological polar surface area (TPSA) is 55.2 Å². The molecule has 1 aliphatic heterocycles. The maximum absolute atomic E-state index is 12.3. The van der Waals surface area contributed by atoms with Crippen LogP contribution >= 0.6 is 0 Å². The van der Waals surface area contributed by atoms with Crippen molar-refractivity contribution in [2.45, 2.75) is 57.9 Å². The molecule has 0 unspecified atom stereocenters. The van der Waals surface area contributed by atoms with Crippen LogP contribution in [0.1, 0.15) is 49.8 Å². The smallest absolute Gasteiger partial charge is 0.267 e. The fourth-order valence-electron chi connectivity index (χ4n) is 4.27. The molecular weight excluding hydrogens is 290 g/mol. The highest BCUT2D eigenvalue weighted by Crippen LogP contribution is 2.29. The lowest BCUT2D eigenvalue weighted by molar-refractivity contribution is -0.142. The van der Waals surface area contributed by atoms with E-state index in [4.69, 9.17) is 0 Å². The summed E-state index contributed by atoms with van der Waals surface area (Å²) in [6.45, 7) is 2.24. The van der Waals surface area contributed by atoms with Crippen LogP contribution in [0.4, 0.5) is 0 Å². The molecule has 1 amide bonds. The van der Waals surface area contributed by atoms with Gasteiger partial charge in [-0.25, -0.2) is 4.68 Å². The Hall–Kier alpha value is -1.65. The fourth-order valence-corrected chi connectivity index (χ4v) is 4.27. The van der Waals surface area contributed by atoms with Crippen molar-refractivity contribution >= 4 is 5.91 Å². The number of hydrogen-bond donors (Lipinski definition) is 0. The van der Waals surface area contributed by atoms with Crippen LogP contribution in [0, 0.1) is 11.8 Å². The first-order valence-corrected chi connectivity index (χ1v) is 9.09. The molecule has 2 aliphatic carbocycles. The van der Waals surface area contributed by atoms with Crippen molar-refractivity contribution in [3.63, 3.8) is 0 Å². The summed E-state index contributed by atoms with van der Waals surface area (Å²) >= 11 is 0. The van der Waals surface area contributed by atoms with Crippen LogP contribution in [0.5, 0.6) is 0 Å². The van der Waals surface area contributed by atoms with Crippen molar-refractivity contribution in [3.8, 4) is 0 Å². The molecule has 2 fully saturated rings. The fraction of sp³-hybridized carbons (Fsp3) is 0.722. The molecule has 0 bridgehead atoms. The SMILES string of the molecule is O=C(C1CCCC1)N1CC(Cn2nc3c(cc2=O)CCCC3)C1. The predicted octanol–water partition coefficient (Wildman–Crippen LogP) is 1.77. The number of hydrogen-bond acceptors (Lipinski definition) is 3. The van der Waals surface area contributed by atoms with Crippen molar-refractivity contribution in [2.75, 3.05) is 13.1 Å². The Labute approximate surface area is 136 Å². The highest BCUT2D eigenvalue weighted by molar-refractivity contribution is 5.79. The Balaban J connectivity index is 1.37. The third kappa shape index (κ3) is 2.93. The van der Waals surface area contributed by atoms with Gasteiger partial charge in [0.2, 0.25) is 5.91 Å². The Morgan fingerprint density at radius 3 is 2.65 bits per heavy atom. The molecule has 1 aromatic rings. The second-order valence-corrected chi connectivity index (χ2v) is 7.43. The zero-order valence-corrected chi connectivity index (χ0v) is 13.7. The molecule has 4 rings (SSSR count). The van der Waals surface area contributed by atoms with Gasteiger partial charge in [0, 0.05) is 31.0 Å². The summed E-state index contributed by atoms with van der Waals surface area (Å²) < 4.78 is 1.63. The van der Waals surface area contributed by atoms with Gasteiger partial charge in [-0.05, 0) is 44.1 Å². The summed E-state index contributed by atoms with van der Waals surface area (Å²) in [5.74, 6) is 0.984. The lowest BCUT2D eigenvalue weighted by atomic mass is 9.95. The standard InChI is InChI=1S/C18H25N3O2/c22-17-9-15-7-3-4-8-16(15)19-21(17)12-13-10-20(11-13)18(23)14-5-1-2-6-14/h9,13-14H,1-8,10-12H2. The minimum Gasteiger partial charge on any atom is -0.342 e. The first-order chi connectivity index (χ1) is 11.2. The van der Waals surface area contributed by atoms with E-state index in [0.717, 1.165) is 50.0 Å². The number of fused-ring (bicyclic) bond motifs is 1. The highest BCUT2D eigenvalue weighted by Gasteiger charge is 2.35. The average molecular weight is 315 g/mol. The lowest BCUT2D eigenvalue weighted by Gasteiger charge is -2.40. The van der Waals surface area contributed by atoms with Gasteiger partial charge >= 0.3 is 0 Å². The van der Waals surface area contributed by atoms with Crippen molar-refractivity contribution in [1.82, 2.24) is 14.7 Å². The Morgan fingerprint density at radius 1 is 1.13 bits per heavy atom. The van der Waals surface area contributed by atoms with Gasteiger partial charge in [0.05, 0.1) is 12.2 Å². The van der Waals surface area contributed by atoms with E-state index in [1.165, 1.54) is 25.7 Å². The van der Waals surface area contributed by atoms with Crippen molar-refractivity contribution in [2.24, 2.45) is 11.8 Å². The van der Waals surface area contributed by atoms with Crippen LogP contribution in [0.15, 0.2) is 10.9 Å². The van der Waals surface area contributed by atoms with Gasteiger partial charge in [-0.3, -0.25) is 9.59 Å². The molecule has 1 saturated heterocycles. The Morgan fingerprint density at radius 2 is 1.87 bits per heavy atom. The molecule has 3 aliphatic rings. The molecular formula is C18H25N3O2. The predicted molar refractivity (Wildman–Crippen MR) is 87.2 cm³/mol. The minimum absolute atomic E-state index is 0.0196. The second kappa shape index (κ2) is 6.10. The van der Waals surface area contributed by atoms with E-state index in [0.29, 0.717) is 18.4 Å². The molecule has 23 heavy (non-hydrogen) atoms. The van der Waals surface area contributed by atoms with Crippen molar-refractivity contribution in [3.05, 3.63) is 27.7 Å². The van der Waals surface area contributed by atoms with Crippen LogP contribution in [-0.4, -0.2) is 33.7 Å². The van der Waals surface area contributed by atoms with Gasteiger partial charge in [0.1, 0.15) is 0 Å². The summed E-state index contributed by atoms with van der Waals surface area (Å²) in [5.41, 5.74) is 2.27. The Bertz CT molecular complexity index is 655. The van der Waals surface area contributed by atoms with Gasteiger partial charge in [-0.2, -0.15) is 5.10 Å². The number of carbonyl (C=O) groups excluding carboxylic acids is 1. The quantitative estimate of drug-likeness (QED) is 0.854. The largest absolute Gasteiger partial charge is 0.342 e. The number of aromatic nitrogens is 2. The van der Waals surface area contributed by atoms with Crippen molar-refractivity contribution < 1.29 is 4.79 Å². The first kappa shape index (κ1) is 14.9. The monoisotopic (exact) mass is 315 g/mol. The number of nitrogens with zero attached hydrogens (tertiary/aromatic N) is 3. The van der Waals surface area contributed by atoms with Crippen LogP contribution in [-0.2, 0) is 24.2 Å². The molecule has 0 radical (unpaired) electrons. The van der Waals surface area contributed by atoms with Gasteiger partial charge < -0.3 is 4.90 Å². The van der Waals surface area contributed by atoms with Gasteiger partial charge in [-0.1, -0.05) is 12.8 Å². The zero-order valence-electron chi connectivity index (χ0n) is 13.7. The summed E-state index contributed by atoms with van der Waals surface area (Å²) in [6.07, 6.45) is 8.84. The second-order valence-electron chi connectivity index (χ2n) is 7.43. The first-order valence-electron chi connectivity index (χ1n) is 9.09. The van der Waals surface area contributed by atoms with E-state index >= 15 is 0 Å². The Kier molecular flexibility index (Phi) is 3.95. The normalized spacial score (nSPS) is 22.0. The highest BCUT2D eigenvalue weighted by atomic mass is 16.2. The molecule has 0 aromatic carbocycles. The van der Waals surface area contributed by atoms with Gasteiger partial charge in [0.15, 0.2) is 0 Å². The van der Waals surface area contributed by atoms with E-state index in [1.807, 2.05) is 4.90 Å². The third-order valence-corrected chi connectivity index (χ3v) is 5.68. The number of rotatable bonds is 3. The molecule has 0 spiro atoms. The summed E-state index contributed by atoms with van der Waals surface area (Å²) in [4.78, 5) is 26.5. The van der Waals surface area contributed by atoms with Crippen LogP contribution < -0.4 is 5.56 Å². The van der Waals surface area contributed by atoms with Crippen molar-refractivity contribution in [1.29, 1.82) is 0 Å². The van der Waals surface area contributed by atoms with Crippen LogP contribution in [0.2, 0.25) is 0 Å². The minimum atomic E-state index is 0.0196. The number of carbonyl (C=O) groups is 1. The van der Waals surface area contributed by atoms with E-state index < -0.39 is 0 Å². The zero-order chi connectivity index (χ0) is 15.8. The lowest BCUT2D eigenvalue weighted by Crippen LogP contribution is -2.53. The van der Waals surface area contributed by atoms with E-state index in [1.54, 1.807) is 10.7 Å². The van der Waals surface area contributed by atoms with Crippen LogP contribution in [0.3, 0.4) is 0 Å². The van der Waals surface area contributed by atoms with Gasteiger partial charge in [0.25, 0.3) is 5.56 Å². The molecule has 2 heterocycles. The third-order valence-electron chi connectivity index (χ3n) is 5.68.